The normalized spacial score (nSPS) is 23.7. The molecule has 1 amide bonds. The van der Waals surface area contributed by atoms with Crippen LogP contribution in [0.3, 0.4) is 0 Å². The van der Waals surface area contributed by atoms with Crippen molar-refractivity contribution < 1.29 is 9.53 Å². The molecule has 0 spiro atoms. The first kappa shape index (κ1) is 14.7. The Morgan fingerprint density at radius 2 is 2.17 bits per heavy atom. The third kappa shape index (κ3) is 2.75. The molecule has 0 unspecified atom stereocenters. The SMILES string of the molecule is Cc1ccc([C@H]2Nc3ccccc3C(=O)N2C[C@@H]2CCCO2)s1. The average Bonchev–Trinajstić information content (AvgIpc) is 3.21. The summed E-state index contributed by atoms with van der Waals surface area (Å²) in [5.41, 5.74) is 1.66. The van der Waals surface area contributed by atoms with E-state index in [0.29, 0.717) is 6.54 Å². The number of hydrogen-bond acceptors (Lipinski definition) is 4. The molecule has 2 atom stereocenters. The van der Waals surface area contributed by atoms with E-state index in [1.54, 1.807) is 11.3 Å². The number of hydrogen-bond donors (Lipinski definition) is 1. The summed E-state index contributed by atoms with van der Waals surface area (Å²) in [5, 5.41) is 3.54. The quantitative estimate of drug-likeness (QED) is 0.932. The van der Waals surface area contributed by atoms with Gasteiger partial charge >= 0.3 is 0 Å². The van der Waals surface area contributed by atoms with Crippen molar-refractivity contribution in [1.82, 2.24) is 4.90 Å². The minimum Gasteiger partial charge on any atom is -0.376 e. The van der Waals surface area contributed by atoms with E-state index in [0.717, 1.165) is 30.7 Å². The highest BCUT2D eigenvalue weighted by molar-refractivity contribution is 7.12. The number of rotatable bonds is 3. The van der Waals surface area contributed by atoms with E-state index in [9.17, 15) is 4.79 Å². The Hall–Kier alpha value is -1.85. The predicted octanol–water partition coefficient (Wildman–Crippen LogP) is 3.80. The molecule has 2 aliphatic heterocycles. The molecule has 0 aliphatic carbocycles. The van der Waals surface area contributed by atoms with Crippen molar-refractivity contribution in [3.05, 3.63) is 51.7 Å². The fourth-order valence-corrected chi connectivity index (χ4v) is 4.26. The zero-order valence-electron chi connectivity index (χ0n) is 13.1. The lowest BCUT2D eigenvalue weighted by Gasteiger charge is -2.38. The summed E-state index contributed by atoms with van der Waals surface area (Å²) in [6.07, 6.45) is 2.15. The minimum atomic E-state index is -0.111. The molecule has 1 N–H and O–H groups in total. The van der Waals surface area contributed by atoms with E-state index in [-0.39, 0.29) is 18.2 Å². The van der Waals surface area contributed by atoms with E-state index >= 15 is 0 Å². The maximum atomic E-state index is 13.0. The van der Waals surface area contributed by atoms with Gasteiger partial charge in [-0.3, -0.25) is 4.79 Å². The smallest absolute Gasteiger partial charge is 0.257 e. The Balaban J connectivity index is 1.70. The van der Waals surface area contributed by atoms with Crippen LogP contribution >= 0.6 is 11.3 Å². The van der Waals surface area contributed by atoms with Crippen molar-refractivity contribution in [2.45, 2.75) is 32.0 Å². The van der Waals surface area contributed by atoms with E-state index in [1.165, 1.54) is 9.75 Å². The molecule has 5 heteroatoms. The molecular formula is C18H20N2O2S. The summed E-state index contributed by atoms with van der Waals surface area (Å²) in [6.45, 7) is 3.54. The number of carbonyl (C=O) groups excluding carboxylic acids is 1. The van der Waals surface area contributed by atoms with Crippen LogP contribution in [-0.4, -0.2) is 30.1 Å². The third-order valence-electron chi connectivity index (χ3n) is 4.48. The third-order valence-corrected chi connectivity index (χ3v) is 5.53. The first-order valence-corrected chi connectivity index (χ1v) is 8.88. The van der Waals surface area contributed by atoms with Gasteiger partial charge in [-0.2, -0.15) is 0 Å². The van der Waals surface area contributed by atoms with Crippen LogP contribution in [0.4, 0.5) is 5.69 Å². The summed E-state index contributed by atoms with van der Waals surface area (Å²) >= 11 is 1.74. The van der Waals surface area contributed by atoms with Crippen molar-refractivity contribution >= 4 is 22.9 Å². The number of benzene rings is 1. The highest BCUT2D eigenvalue weighted by Crippen LogP contribution is 2.36. The maximum absolute atomic E-state index is 13.0. The van der Waals surface area contributed by atoms with Gasteiger partial charge in [-0.1, -0.05) is 12.1 Å². The van der Waals surface area contributed by atoms with Crippen LogP contribution in [0.2, 0.25) is 0 Å². The lowest BCUT2D eigenvalue weighted by Crippen LogP contribution is -2.46. The van der Waals surface area contributed by atoms with Gasteiger partial charge in [0.1, 0.15) is 6.17 Å². The van der Waals surface area contributed by atoms with Gasteiger partial charge in [0.05, 0.1) is 11.7 Å². The Kier molecular flexibility index (Phi) is 3.83. The van der Waals surface area contributed by atoms with E-state index in [2.05, 4.69) is 24.4 Å². The van der Waals surface area contributed by atoms with Gasteiger partial charge in [-0.15, -0.1) is 11.3 Å². The molecule has 1 saturated heterocycles. The van der Waals surface area contributed by atoms with Crippen LogP contribution in [0.15, 0.2) is 36.4 Å². The number of amides is 1. The highest BCUT2D eigenvalue weighted by atomic mass is 32.1. The molecule has 1 aromatic carbocycles. The first-order chi connectivity index (χ1) is 11.2. The van der Waals surface area contributed by atoms with Gasteiger partial charge in [-0.25, -0.2) is 0 Å². The van der Waals surface area contributed by atoms with E-state index in [4.69, 9.17) is 4.74 Å². The van der Waals surface area contributed by atoms with Crippen LogP contribution in [0, 0.1) is 6.92 Å². The van der Waals surface area contributed by atoms with Gasteiger partial charge in [0.2, 0.25) is 0 Å². The van der Waals surface area contributed by atoms with Gasteiger partial charge in [-0.05, 0) is 44.0 Å². The summed E-state index contributed by atoms with van der Waals surface area (Å²) in [6, 6.07) is 12.0. The first-order valence-electron chi connectivity index (χ1n) is 8.07. The number of aryl methyl sites for hydroxylation is 1. The van der Waals surface area contributed by atoms with Gasteiger partial charge in [0.15, 0.2) is 0 Å². The van der Waals surface area contributed by atoms with E-state index in [1.807, 2.05) is 29.2 Å². The predicted molar refractivity (Wildman–Crippen MR) is 91.9 cm³/mol. The zero-order valence-corrected chi connectivity index (χ0v) is 13.9. The molecule has 2 aromatic rings. The summed E-state index contributed by atoms with van der Waals surface area (Å²) < 4.78 is 5.76. The Labute approximate surface area is 140 Å². The van der Waals surface area contributed by atoms with Gasteiger partial charge in [0, 0.05) is 28.6 Å². The fourth-order valence-electron chi connectivity index (χ4n) is 3.31. The van der Waals surface area contributed by atoms with Crippen molar-refractivity contribution in [3.8, 4) is 0 Å². The highest BCUT2D eigenvalue weighted by Gasteiger charge is 2.35. The zero-order chi connectivity index (χ0) is 15.8. The van der Waals surface area contributed by atoms with Crippen molar-refractivity contribution in [2.24, 2.45) is 0 Å². The van der Waals surface area contributed by atoms with Crippen molar-refractivity contribution in [2.75, 3.05) is 18.5 Å². The number of para-hydroxylation sites is 1. The Morgan fingerprint density at radius 1 is 1.30 bits per heavy atom. The fraction of sp³-hybridized carbons (Fsp3) is 0.389. The number of fused-ring (bicyclic) bond motifs is 1. The molecule has 3 heterocycles. The number of nitrogens with zero attached hydrogens (tertiary/aromatic N) is 1. The van der Waals surface area contributed by atoms with Gasteiger partial charge in [0.25, 0.3) is 5.91 Å². The molecular weight excluding hydrogens is 308 g/mol. The number of carbonyl (C=O) groups is 1. The van der Waals surface area contributed by atoms with Crippen LogP contribution < -0.4 is 5.32 Å². The number of anilines is 1. The molecule has 0 saturated carbocycles. The second-order valence-electron chi connectivity index (χ2n) is 6.13. The van der Waals surface area contributed by atoms with Crippen LogP contribution in [-0.2, 0) is 4.74 Å². The number of thiophene rings is 1. The standard InChI is InChI=1S/C18H20N2O2S/c1-12-8-9-16(23-12)17-19-15-7-3-2-6-14(15)18(21)20(17)11-13-5-4-10-22-13/h2-3,6-9,13,17,19H,4-5,10-11H2,1H3/t13-,17-/m0/s1. The van der Waals surface area contributed by atoms with Crippen molar-refractivity contribution in [1.29, 1.82) is 0 Å². The van der Waals surface area contributed by atoms with Crippen molar-refractivity contribution in [3.63, 3.8) is 0 Å². The summed E-state index contributed by atoms with van der Waals surface area (Å²) in [4.78, 5) is 17.4. The van der Waals surface area contributed by atoms with Gasteiger partial charge < -0.3 is 15.0 Å². The maximum Gasteiger partial charge on any atom is 0.257 e. The molecule has 1 aromatic heterocycles. The lowest BCUT2D eigenvalue weighted by atomic mass is 10.1. The number of ether oxygens (including phenoxy) is 1. The molecule has 2 aliphatic rings. The Bertz CT molecular complexity index is 721. The molecule has 120 valence electrons. The summed E-state index contributed by atoms with van der Waals surface area (Å²) in [7, 11) is 0. The largest absolute Gasteiger partial charge is 0.376 e. The second kappa shape index (κ2) is 5.98. The topological polar surface area (TPSA) is 41.6 Å². The van der Waals surface area contributed by atoms with Crippen LogP contribution in [0.25, 0.3) is 0 Å². The molecule has 1 fully saturated rings. The van der Waals surface area contributed by atoms with Crippen LogP contribution in [0.1, 0.15) is 39.1 Å². The lowest BCUT2D eigenvalue weighted by molar-refractivity contribution is 0.0430. The van der Waals surface area contributed by atoms with E-state index < -0.39 is 0 Å². The second-order valence-corrected chi connectivity index (χ2v) is 7.45. The molecule has 0 radical (unpaired) electrons. The Morgan fingerprint density at radius 3 is 2.91 bits per heavy atom. The summed E-state index contributed by atoms with van der Waals surface area (Å²) in [5.74, 6) is 0.0888. The molecule has 23 heavy (non-hydrogen) atoms. The number of nitrogens with one attached hydrogen (secondary N) is 1. The molecule has 4 nitrogen and oxygen atoms in total. The molecule has 0 bridgehead atoms. The minimum absolute atomic E-state index is 0.0888. The average molecular weight is 328 g/mol. The van der Waals surface area contributed by atoms with Crippen LogP contribution in [0.5, 0.6) is 0 Å². The monoisotopic (exact) mass is 328 g/mol. The molecule has 4 rings (SSSR count).